The molecule has 0 bridgehead atoms. The molecule has 1 aromatic heterocycles. The van der Waals surface area contributed by atoms with Crippen LogP contribution in [0.15, 0.2) is 36.4 Å². The van der Waals surface area contributed by atoms with Crippen molar-refractivity contribution in [1.29, 1.82) is 0 Å². The Kier molecular flexibility index (Phi) is 5.16. The summed E-state index contributed by atoms with van der Waals surface area (Å²) in [4.78, 5) is 24.5. The molecule has 122 valence electrons. The Hall–Kier alpha value is -2.63. The predicted molar refractivity (Wildman–Crippen MR) is 86.9 cm³/mol. The van der Waals surface area contributed by atoms with Crippen molar-refractivity contribution in [1.82, 2.24) is 14.7 Å². The van der Waals surface area contributed by atoms with Gasteiger partial charge < -0.3 is 10.0 Å². The van der Waals surface area contributed by atoms with Crippen LogP contribution in [-0.4, -0.2) is 45.3 Å². The number of hydrogen-bond acceptors (Lipinski definition) is 3. The number of aliphatic carboxylic acids is 1. The molecule has 0 unspecified atom stereocenters. The predicted octanol–water partition coefficient (Wildman–Crippen LogP) is 2.54. The van der Waals surface area contributed by atoms with Crippen molar-refractivity contribution >= 4 is 11.9 Å². The minimum atomic E-state index is -0.928. The molecule has 6 nitrogen and oxygen atoms in total. The first-order valence-electron chi connectivity index (χ1n) is 7.52. The number of rotatable bonds is 6. The second-order valence-electron chi connectivity index (χ2n) is 5.73. The molecular weight excluding hydrogens is 294 g/mol. The van der Waals surface area contributed by atoms with E-state index in [4.69, 9.17) is 5.11 Å². The molecule has 1 aromatic carbocycles. The van der Waals surface area contributed by atoms with Gasteiger partial charge >= 0.3 is 5.97 Å². The molecule has 1 amide bonds. The highest BCUT2D eigenvalue weighted by Crippen LogP contribution is 2.21. The topological polar surface area (TPSA) is 75.4 Å². The molecule has 0 fully saturated rings. The van der Waals surface area contributed by atoms with Gasteiger partial charge in [-0.25, -0.2) is 4.68 Å². The summed E-state index contributed by atoms with van der Waals surface area (Å²) < 4.78 is 1.77. The highest BCUT2D eigenvalue weighted by atomic mass is 16.4. The van der Waals surface area contributed by atoms with Crippen LogP contribution in [0.25, 0.3) is 5.69 Å². The van der Waals surface area contributed by atoms with Crippen LogP contribution >= 0.6 is 0 Å². The third-order valence-electron chi connectivity index (χ3n) is 3.56. The summed E-state index contributed by atoms with van der Waals surface area (Å²) in [6, 6.07) is 11.4. The third-order valence-corrected chi connectivity index (χ3v) is 3.56. The summed E-state index contributed by atoms with van der Waals surface area (Å²) in [5.74, 6) is -1.00. The molecule has 0 aliphatic rings. The van der Waals surface area contributed by atoms with Gasteiger partial charge in [0.25, 0.3) is 5.91 Å². The number of para-hydroxylation sites is 1. The first kappa shape index (κ1) is 16.7. The maximum absolute atomic E-state index is 12.4. The average Bonchev–Trinajstić information content (AvgIpc) is 2.98. The van der Waals surface area contributed by atoms with Crippen LogP contribution in [0.4, 0.5) is 0 Å². The van der Waals surface area contributed by atoms with Gasteiger partial charge in [0, 0.05) is 19.3 Å². The van der Waals surface area contributed by atoms with E-state index in [1.807, 2.05) is 44.2 Å². The first-order valence-corrected chi connectivity index (χ1v) is 7.52. The Morgan fingerprint density at radius 3 is 2.48 bits per heavy atom. The molecule has 0 aliphatic heterocycles. The summed E-state index contributed by atoms with van der Waals surface area (Å²) in [6.45, 7) is 4.24. The molecule has 6 heteroatoms. The zero-order valence-corrected chi connectivity index (χ0v) is 13.6. The van der Waals surface area contributed by atoms with Crippen LogP contribution in [0.2, 0.25) is 0 Å². The second kappa shape index (κ2) is 7.09. The minimum Gasteiger partial charge on any atom is -0.481 e. The number of amides is 1. The van der Waals surface area contributed by atoms with Crippen LogP contribution in [0.3, 0.4) is 0 Å². The quantitative estimate of drug-likeness (QED) is 0.889. The number of carbonyl (C=O) groups is 2. The Bertz CT molecular complexity index is 692. The molecule has 0 spiro atoms. The highest BCUT2D eigenvalue weighted by molar-refractivity contribution is 5.92. The zero-order valence-electron chi connectivity index (χ0n) is 13.6. The van der Waals surface area contributed by atoms with E-state index in [1.54, 1.807) is 17.8 Å². The number of carbonyl (C=O) groups excluding carboxylic acids is 1. The summed E-state index contributed by atoms with van der Waals surface area (Å²) in [5, 5.41) is 13.2. The molecule has 0 saturated heterocycles. The molecule has 0 radical (unpaired) electrons. The van der Waals surface area contributed by atoms with Crippen LogP contribution in [0.1, 0.15) is 42.4 Å². The van der Waals surface area contributed by atoms with Crippen LogP contribution < -0.4 is 0 Å². The van der Waals surface area contributed by atoms with Gasteiger partial charge in [-0.2, -0.15) is 5.10 Å². The summed E-state index contributed by atoms with van der Waals surface area (Å²) in [7, 11) is 1.59. The van der Waals surface area contributed by atoms with Crippen LogP contribution in [0, 0.1) is 0 Å². The fourth-order valence-corrected chi connectivity index (χ4v) is 2.25. The van der Waals surface area contributed by atoms with E-state index < -0.39 is 5.97 Å². The number of carboxylic acids is 1. The van der Waals surface area contributed by atoms with Gasteiger partial charge in [0.1, 0.15) is 0 Å². The molecular formula is C17H21N3O3. The van der Waals surface area contributed by atoms with Gasteiger partial charge in [0.05, 0.1) is 12.1 Å². The molecule has 23 heavy (non-hydrogen) atoms. The Balaban J connectivity index is 2.30. The largest absolute Gasteiger partial charge is 0.481 e. The van der Waals surface area contributed by atoms with Gasteiger partial charge in [-0.1, -0.05) is 32.0 Å². The summed E-state index contributed by atoms with van der Waals surface area (Å²) in [5.41, 5.74) is 2.15. The normalized spacial score (nSPS) is 10.8. The first-order chi connectivity index (χ1) is 10.9. The number of carboxylic acid groups (broad SMARTS) is 1. The van der Waals surface area contributed by atoms with E-state index in [0.717, 1.165) is 11.4 Å². The standard InChI is InChI=1S/C17H21N3O3/c1-12(2)15-11-14(17(23)19(3)10-9-16(21)22)18-20(15)13-7-5-4-6-8-13/h4-8,11-12H,9-10H2,1-3H3,(H,21,22). The Morgan fingerprint density at radius 2 is 1.91 bits per heavy atom. The van der Waals surface area contributed by atoms with E-state index in [0.29, 0.717) is 5.69 Å². The van der Waals surface area contributed by atoms with Gasteiger partial charge in [0.15, 0.2) is 5.69 Å². The average molecular weight is 315 g/mol. The fourth-order valence-electron chi connectivity index (χ4n) is 2.25. The molecule has 2 aromatic rings. The van der Waals surface area contributed by atoms with E-state index >= 15 is 0 Å². The molecule has 1 heterocycles. The number of aromatic nitrogens is 2. The van der Waals surface area contributed by atoms with E-state index in [9.17, 15) is 9.59 Å². The molecule has 0 aliphatic carbocycles. The third kappa shape index (κ3) is 3.97. The van der Waals surface area contributed by atoms with E-state index in [-0.39, 0.29) is 24.8 Å². The lowest BCUT2D eigenvalue weighted by Gasteiger charge is -2.14. The second-order valence-corrected chi connectivity index (χ2v) is 5.73. The fraction of sp³-hybridized carbons (Fsp3) is 0.353. The van der Waals surface area contributed by atoms with Crippen molar-refractivity contribution < 1.29 is 14.7 Å². The number of nitrogens with zero attached hydrogens (tertiary/aromatic N) is 3. The number of hydrogen-bond donors (Lipinski definition) is 1. The monoisotopic (exact) mass is 315 g/mol. The molecule has 1 N–H and O–H groups in total. The summed E-state index contributed by atoms with van der Waals surface area (Å²) in [6.07, 6.45) is -0.0847. The molecule has 0 atom stereocenters. The molecule has 0 saturated carbocycles. The lowest BCUT2D eigenvalue weighted by molar-refractivity contribution is -0.137. The lowest BCUT2D eigenvalue weighted by atomic mass is 10.1. The van der Waals surface area contributed by atoms with E-state index in [2.05, 4.69) is 5.10 Å². The van der Waals surface area contributed by atoms with Gasteiger partial charge in [0.2, 0.25) is 0 Å². The highest BCUT2D eigenvalue weighted by Gasteiger charge is 2.20. The smallest absolute Gasteiger partial charge is 0.305 e. The lowest BCUT2D eigenvalue weighted by Crippen LogP contribution is -2.29. The Morgan fingerprint density at radius 1 is 1.26 bits per heavy atom. The van der Waals surface area contributed by atoms with Crippen molar-refractivity contribution in [3.05, 3.63) is 47.8 Å². The zero-order chi connectivity index (χ0) is 17.0. The SMILES string of the molecule is CC(C)c1cc(C(=O)N(C)CCC(=O)O)nn1-c1ccccc1. The van der Waals surface area contributed by atoms with Crippen LogP contribution in [-0.2, 0) is 4.79 Å². The van der Waals surface area contributed by atoms with Crippen molar-refractivity contribution in [2.45, 2.75) is 26.2 Å². The van der Waals surface area contributed by atoms with Gasteiger partial charge in [-0.3, -0.25) is 9.59 Å². The summed E-state index contributed by atoms with van der Waals surface area (Å²) >= 11 is 0. The van der Waals surface area contributed by atoms with Crippen molar-refractivity contribution in [2.75, 3.05) is 13.6 Å². The van der Waals surface area contributed by atoms with Crippen LogP contribution in [0.5, 0.6) is 0 Å². The molecule has 2 rings (SSSR count). The van der Waals surface area contributed by atoms with Crippen molar-refractivity contribution in [2.24, 2.45) is 0 Å². The maximum atomic E-state index is 12.4. The minimum absolute atomic E-state index is 0.0847. The van der Waals surface area contributed by atoms with E-state index in [1.165, 1.54) is 4.90 Å². The van der Waals surface area contributed by atoms with Crippen molar-refractivity contribution in [3.8, 4) is 5.69 Å². The Labute approximate surface area is 135 Å². The van der Waals surface area contributed by atoms with Crippen molar-refractivity contribution in [3.63, 3.8) is 0 Å². The van der Waals surface area contributed by atoms with Gasteiger partial charge in [-0.15, -0.1) is 0 Å². The maximum Gasteiger partial charge on any atom is 0.305 e. The number of benzene rings is 1. The van der Waals surface area contributed by atoms with Gasteiger partial charge in [-0.05, 0) is 24.1 Å².